The Balaban J connectivity index is 1.85. The molecule has 0 spiro atoms. The smallest absolute Gasteiger partial charge is 0.251 e. The second-order valence-electron chi connectivity index (χ2n) is 8.62. The predicted octanol–water partition coefficient (Wildman–Crippen LogP) is 2.97. The SMILES string of the molecule is COCC(O)CNC(=O)c1ccc(OC2CCN(CC(C)(C)C)CC2)c(Cl)c1. The molecule has 0 bridgehead atoms. The van der Waals surface area contributed by atoms with E-state index in [9.17, 15) is 9.90 Å². The number of hydrogen-bond acceptors (Lipinski definition) is 5. The van der Waals surface area contributed by atoms with Crippen LogP contribution in [0.3, 0.4) is 0 Å². The van der Waals surface area contributed by atoms with Gasteiger partial charge in [0.25, 0.3) is 5.91 Å². The first-order valence-electron chi connectivity index (χ1n) is 9.81. The zero-order chi connectivity index (χ0) is 20.7. The van der Waals surface area contributed by atoms with Gasteiger partial charge in [-0.15, -0.1) is 0 Å². The van der Waals surface area contributed by atoms with Gasteiger partial charge in [-0.1, -0.05) is 32.4 Å². The molecule has 1 saturated heterocycles. The van der Waals surface area contributed by atoms with Gasteiger partial charge in [0.1, 0.15) is 11.9 Å². The summed E-state index contributed by atoms with van der Waals surface area (Å²) in [7, 11) is 1.50. The molecule has 1 aromatic carbocycles. The van der Waals surface area contributed by atoms with Crippen LogP contribution in [-0.2, 0) is 4.74 Å². The molecule has 2 N–H and O–H groups in total. The highest BCUT2D eigenvalue weighted by molar-refractivity contribution is 6.32. The van der Waals surface area contributed by atoms with Crippen molar-refractivity contribution in [2.75, 3.05) is 39.9 Å². The molecule has 1 aromatic rings. The Morgan fingerprint density at radius 3 is 2.61 bits per heavy atom. The lowest BCUT2D eigenvalue weighted by atomic mass is 9.94. The highest BCUT2D eigenvalue weighted by atomic mass is 35.5. The molecule has 1 aliphatic heterocycles. The number of halogens is 1. The van der Waals surface area contributed by atoms with Crippen LogP contribution < -0.4 is 10.1 Å². The van der Waals surface area contributed by atoms with Crippen LogP contribution in [0, 0.1) is 5.41 Å². The van der Waals surface area contributed by atoms with Crippen molar-refractivity contribution >= 4 is 17.5 Å². The Morgan fingerprint density at radius 2 is 2.04 bits per heavy atom. The number of amides is 1. The third kappa shape index (κ3) is 7.59. The van der Waals surface area contributed by atoms with Crippen molar-refractivity contribution in [3.63, 3.8) is 0 Å². The minimum absolute atomic E-state index is 0.121. The number of hydrogen-bond donors (Lipinski definition) is 2. The summed E-state index contributed by atoms with van der Waals surface area (Å²) in [4.78, 5) is 14.7. The molecule has 1 atom stereocenters. The number of aliphatic hydroxyl groups is 1. The van der Waals surface area contributed by atoms with Crippen LogP contribution >= 0.6 is 11.6 Å². The van der Waals surface area contributed by atoms with Gasteiger partial charge in [-0.25, -0.2) is 0 Å². The number of piperidine rings is 1. The molecule has 1 fully saturated rings. The topological polar surface area (TPSA) is 71.0 Å². The van der Waals surface area contributed by atoms with Crippen LogP contribution in [0.25, 0.3) is 0 Å². The Hall–Kier alpha value is -1.34. The first-order chi connectivity index (χ1) is 13.2. The van der Waals surface area contributed by atoms with Crippen molar-refractivity contribution in [2.45, 2.75) is 45.8 Å². The minimum Gasteiger partial charge on any atom is -0.489 e. The summed E-state index contributed by atoms with van der Waals surface area (Å²) >= 11 is 6.34. The number of rotatable bonds is 8. The predicted molar refractivity (Wildman–Crippen MR) is 111 cm³/mol. The van der Waals surface area contributed by atoms with Crippen molar-refractivity contribution in [2.24, 2.45) is 5.41 Å². The van der Waals surface area contributed by atoms with Gasteiger partial charge < -0.3 is 24.8 Å². The molecular weight excluding hydrogens is 380 g/mol. The number of benzene rings is 1. The summed E-state index contributed by atoms with van der Waals surface area (Å²) < 4.78 is 10.9. The molecule has 1 amide bonds. The molecule has 0 aliphatic carbocycles. The molecule has 0 saturated carbocycles. The van der Waals surface area contributed by atoms with Gasteiger partial charge in [-0.05, 0) is 36.5 Å². The molecule has 28 heavy (non-hydrogen) atoms. The van der Waals surface area contributed by atoms with Crippen molar-refractivity contribution < 1.29 is 19.4 Å². The van der Waals surface area contributed by atoms with Gasteiger partial charge in [-0.3, -0.25) is 4.79 Å². The lowest BCUT2D eigenvalue weighted by molar-refractivity contribution is 0.0609. The van der Waals surface area contributed by atoms with E-state index >= 15 is 0 Å². The number of ether oxygens (including phenoxy) is 2. The molecule has 7 heteroatoms. The first kappa shape index (κ1) is 22.9. The van der Waals surface area contributed by atoms with Crippen molar-refractivity contribution in [3.05, 3.63) is 28.8 Å². The molecule has 0 radical (unpaired) electrons. The third-order valence-corrected chi connectivity index (χ3v) is 4.87. The summed E-state index contributed by atoms with van der Waals surface area (Å²) in [6.45, 7) is 10.2. The zero-order valence-corrected chi connectivity index (χ0v) is 18.1. The average Bonchev–Trinajstić information content (AvgIpc) is 2.62. The van der Waals surface area contributed by atoms with Crippen LogP contribution in [0.1, 0.15) is 44.0 Å². The quantitative estimate of drug-likeness (QED) is 0.686. The monoisotopic (exact) mass is 412 g/mol. The summed E-state index contributed by atoms with van der Waals surface area (Å²) in [5.74, 6) is 0.311. The molecule has 0 aromatic heterocycles. The van der Waals surface area contributed by atoms with Gasteiger partial charge in [0.15, 0.2) is 0 Å². The second kappa shape index (κ2) is 10.4. The minimum atomic E-state index is -0.740. The van der Waals surface area contributed by atoms with E-state index in [4.69, 9.17) is 21.1 Å². The lowest BCUT2D eigenvalue weighted by Crippen LogP contribution is -2.42. The molecule has 1 unspecified atom stereocenters. The normalized spacial score (nSPS) is 17.4. The number of nitrogens with one attached hydrogen (secondary N) is 1. The standard InChI is InChI=1S/C21H33ClN2O4/c1-21(2,3)14-24-9-7-17(8-10-24)28-19-6-5-15(11-18(19)22)20(26)23-12-16(25)13-27-4/h5-6,11,16-17,25H,7-10,12-14H2,1-4H3,(H,23,26). The molecule has 1 aliphatic rings. The van der Waals surface area contributed by atoms with Gasteiger partial charge in [0.05, 0.1) is 17.7 Å². The highest BCUT2D eigenvalue weighted by Gasteiger charge is 2.24. The Bertz CT molecular complexity index is 640. The van der Waals surface area contributed by atoms with Crippen LogP contribution in [0.2, 0.25) is 5.02 Å². The van der Waals surface area contributed by atoms with Gasteiger partial charge in [-0.2, -0.15) is 0 Å². The molecular formula is C21H33ClN2O4. The number of nitrogens with zero attached hydrogens (tertiary/aromatic N) is 1. The largest absolute Gasteiger partial charge is 0.489 e. The summed E-state index contributed by atoms with van der Waals surface area (Å²) in [6, 6.07) is 5.03. The number of carbonyl (C=O) groups is 1. The summed E-state index contributed by atoms with van der Waals surface area (Å²) in [6.07, 6.45) is 1.33. The fraction of sp³-hybridized carbons (Fsp3) is 0.667. The maximum atomic E-state index is 12.2. The molecule has 1 heterocycles. The fourth-order valence-corrected chi connectivity index (χ4v) is 3.56. The van der Waals surface area contributed by atoms with Crippen molar-refractivity contribution in [1.82, 2.24) is 10.2 Å². The van der Waals surface area contributed by atoms with Crippen molar-refractivity contribution in [3.8, 4) is 5.75 Å². The molecule has 6 nitrogen and oxygen atoms in total. The number of methoxy groups -OCH3 is 1. The Labute approximate surface area is 173 Å². The molecule has 2 rings (SSSR count). The number of carbonyl (C=O) groups excluding carboxylic acids is 1. The van der Waals surface area contributed by atoms with E-state index in [-0.39, 0.29) is 25.2 Å². The Morgan fingerprint density at radius 1 is 1.36 bits per heavy atom. The first-order valence-corrected chi connectivity index (χ1v) is 10.2. The van der Waals surface area contributed by atoms with E-state index in [1.165, 1.54) is 7.11 Å². The highest BCUT2D eigenvalue weighted by Crippen LogP contribution is 2.29. The van der Waals surface area contributed by atoms with E-state index in [0.717, 1.165) is 32.5 Å². The van der Waals surface area contributed by atoms with Gasteiger partial charge in [0, 0.05) is 38.9 Å². The van der Waals surface area contributed by atoms with Gasteiger partial charge in [0.2, 0.25) is 0 Å². The van der Waals surface area contributed by atoms with E-state index in [1.54, 1.807) is 18.2 Å². The van der Waals surface area contributed by atoms with Crippen LogP contribution in [0.5, 0.6) is 5.75 Å². The van der Waals surface area contributed by atoms with Crippen LogP contribution in [0.4, 0.5) is 0 Å². The second-order valence-corrected chi connectivity index (χ2v) is 9.03. The van der Waals surface area contributed by atoms with Crippen molar-refractivity contribution in [1.29, 1.82) is 0 Å². The maximum absolute atomic E-state index is 12.2. The maximum Gasteiger partial charge on any atom is 0.251 e. The lowest BCUT2D eigenvalue weighted by Gasteiger charge is -2.36. The van der Waals surface area contributed by atoms with E-state index < -0.39 is 6.10 Å². The summed E-state index contributed by atoms with van der Waals surface area (Å²) in [5.41, 5.74) is 0.731. The van der Waals surface area contributed by atoms with Gasteiger partial charge >= 0.3 is 0 Å². The van der Waals surface area contributed by atoms with E-state index in [1.807, 2.05) is 0 Å². The van der Waals surface area contributed by atoms with E-state index in [0.29, 0.717) is 21.8 Å². The average molecular weight is 413 g/mol. The Kier molecular flexibility index (Phi) is 8.56. The molecule has 158 valence electrons. The van der Waals surface area contributed by atoms with Crippen LogP contribution in [0.15, 0.2) is 18.2 Å². The van der Waals surface area contributed by atoms with E-state index in [2.05, 4.69) is 31.0 Å². The number of aliphatic hydroxyl groups excluding tert-OH is 1. The van der Waals surface area contributed by atoms with Crippen LogP contribution in [-0.4, -0.2) is 68.0 Å². The number of likely N-dealkylation sites (tertiary alicyclic amines) is 1. The zero-order valence-electron chi connectivity index (χ0n) is 17.3. The third-order valence-electron chi connectivity index (χ3n) is 4.58. The summed E-state index contributed by atoms with van der Waals surface area (Å²) in [5, 5.41) is 12.7. The fourth-order valence-electron chi connectivity index (χ4n) is 3.34.